The summed E-state index contributed by atoms with van der Waals surface area (Å²) in [7, 11) is 0. The van der Waals surface area contributed by atoms with Crippen LogP contribution in [0, 0.1) is 17.3 Å². The zero-order chi connectivity index (χ0) is 15.9. The first-order chi connectivity index (χ1) is 11.2. The summed E-state index contributed by atoms with van der Waals surface area (Å²) in [6.45, 7) is 6.33. The predicted molar refractivity (Wildman–Crippen MR) is 109 cm³/mol. The van der Waals surface area contributed by atoms with E-state index in [9.17, 15) is 0 Å². The molecule has 0 radical (unpaired) electrons. The van der Waals surface area contributed by atoms with Crippen molar-refractivity contribution in [2.75, 3.05) is 13.2 Å². The van der Waals surface area contributed by atoms with Gasteiger partial charge in [0.05, 0.1) is 6.10 Å². The molecule has 1 spiro atoms. The van der Waals surface area contributed by atoms with Gasteiger partial charge in [-0.05, 0) is 44.9 Å². The highest BCUT2D eigenvalue weighted by Crippen LogP contribution is 2.62. The van der Waals surface area contributed by atoms with Crippen LogP contribution in [0.1, 0.15) is 65.2 Å². The predicted octanol–water partition coefficient (Wildman–Crippen LogP) is 3.70. The second-order valence-electron chi connectivity index (χ2n) is 8.39. The Morgan fingerprint density at radius 2 is 2.00 bits per heavy atom. The van der Waals surface area contributed by atoms with Gasteiger partial charge in [0, 0.05) is 36.6 Å². The quantitative estimate of drug-likeness (QED) is 0.394. The minimum Gasteiger partial charge on any atom is -0.377 e. The molecule has 5 atom stereocenters. The summed E-state index contributed by atoms with van der Waals surface area (Å²) in [5.41, 5.74) is 0.428. The number of hydrogen-bond acceptors (Lipinski definition) is 2. The minimum absolute atomic E-state index is 0. The highest BCUT2D eigenvalue weighted by Gasteiger charge is 2.66. The van der Waals surface area contributed by atoms with Crippen LogP contribution in [0.25, 0.3) is 0 Å². The van der Waals surface area contributed by atoms with Gasteiger partial charge in [0.15, 0.2) is 5.96 Å². The van der Waals surface area contributed by atoms with Crippen molar-refractivity contribution in [3.8, 4) is 0 Å². The number of nitrogens with zero attached hydrogens (tertiary/aromatic N) is 1. The van der Waals surface area contributed by atoms with E-state index in [0.29, 0.717) is 29.5 Å². The van der Waals surface area contributed by atoms with E-state index < -0.39 is 0 Å². The van der Waals surface area contributed by atoms with E-state index in [1.807, 2.05) is 0 Å². The Hall–Kier alpha value is -0.0400. The Kier molecular flexibility index (Phi) is 6.00. The van der Waals surface area contributed by atoms with Crippen molar-refractivity contribution in [2.24, 2.45) is 22.2 Å². The van der Waals surface area contributed by atoms with Crippen LogP contribution in [0.5, 0.6) is 0 Å². The van der Waals surface area contributed by atoms with Gasteiger partial charge in [-0.25, -0.2) is 0 Å². The Labute approximate surface area is 164 Å². The van der Waals surface area contributed by atoms with Crippen molar-refractivity contribution in [1.82, 2.24) is 10.6 Å². The highest BCUT2D eigenvalue weighted by molar-refractivity contribution is 14.0. The summed E-state index contributed by atoms with van der Waals surface area (Å²) >= 11 is 0. The molecule has 2 N–H and O–H groups in total. The zero-order valence-corrected chi connectivity index (χ0v) is 17.6. The first-order valence-electron chi connectivity index (χ1n) is 9.92. The SMILES string of the molecule is CCN=C(NC1CCCC(C)C1)NC1C2CCOC2C12CCC2.I. The van der Waals surface area contributed by atoms with Gasteiger partial charge < -0.3 is 15.4 Å². The van der Waals surface area contributed by atoms with E-state index in [2.05, 4.69) is 24.5 Å². The maximum absolute atomic E-state index is 6.05. The lowest BCUT2D eigenvalue weighted by Crippen LogP contribution is -2.72. The van der Waals surface area contributed by atoms with Crippen molar-refractivity contribution in [2.45, 2.75) is 83.4 Å². The molecule has 4 aliphatic rings. The Balaban J connectivity index is 0.00000169. The van der Waals surface area contributed by atoms with Crippen molar-refractivity contribution < 1.29 is 4.74 Å². The Bertz CT molecular complexity index is 466. The standard InChI is InChI=1S/C19H33N3O.HI/c1-3-20-18(21-14-7-4-6-13(2)12-14)22-16-15-8-11-23-17(15)19(16)9-5-10-19;/h13-17H,3-12H2,1-2H3,(H2,20,21,22);1H. The Morgan fingerprint density at radius 3 is 2.67 bits per heavy atom. The van der Waals surface area contributed by atoms with Crippen molar-refractivity contribution in [1.29, 1.82) is 0 Å². The van der Waals surface area contributed by atoms with E-state index in [1.165, 1.54) is 51.4 Å². The molecule has 4 fully saturated rings. The number of nitrogens with one attached hydrogen (secondary N) is 2. The summed E-state index contributed by atoms with van der Waals surface area (Å²) < 4.78 is 6.05. The van der Waals surface area contributed by atoms with Crippen LogP contribution in [-0.2, 0) is 4.74 Å². The maximum Gasteiger partial charge on any atom is 0.191 e. The number of fused-ring (bicyclic) bond motifs is 2. The molecule has 1 heterocycles. The lowest BCUT2D eigenvalue weighted by Gasteiger charge is -2.63. The molecule has 0 bridgehead atoms. The maximum atomic E-state index is 6.05. The van der Waals surface area contributed by atoms with Crippen molar-refractivity contribution in [3.63, 3.8) is 0 Å². The molecular weight excluding hydrogens is 413 g/mol. The van der Waals surface area contributed by atoms with Gasteiger partial charge in [-0.3, -0.25) is 4.99 Å². The number of rotatable bonds is 3. The van der Waals surface area contributed by atoms with Crippen LogP contribution in [0.3, 0.4) is 0 Å². The minimum atomic E-state index is 0. The van der Waals surface area contributed by atoms with Crippen LogP contribution < -0.4 is 10.6 Å². The summed E-state index contributed by atoms with van der Waals surface area (Å²) in [4.78, 5) is 4.76. The summed E-state index contributed by atoms with van der Waals surface area (Å²) in [5.74, 6) is 2.62. The summed E-state index contributed by atoms with van der Waals surface area (Å²) in [5, 5.41) is 7.59. The lowest BCUT2D eigenvalue weighted by molar-refractivity contribution is -0.171. The van der Waals surface area contributed by atoms with Gasteiger partial charge >= 0.3 is 0 Å². The molecule has 138 valence electrons. The molecule has 3 saturated carbocycles. The first-order valence-corrected chi connectivity index (χ1v) is 9.92. The molecule has 0 amide bonds. The first kappa shape index (κ1) is 18.7. The fraction of sp³-hybridized carbons (Fsp3) is 0.947. The molecule has 0 aromatic heterocycles. The van der Waals surface area contributed by atoms with E-state index in [-0.39, 0.29) is 24.0 Å². The largest absolute Gasteiger partial charge is 0.377 e. The van der Waals surface area contributed by atoms with E-state index in [4.69, 9.17) is 9.73 Å². The molecule has 4 rings (SSSR count). The fourth-order valence-corrected chi connectivity index (χ4v) is 5.65. The van der Waals surface area contributed by atoms with Crippen LogP contribution in [-0.4, -0.2) is 37.3 Å². The molecule has 5 heteroatoms. The zero-order valence-electron chi connectivity index (χ0n) is 15.2. The van der Waals surface area contributed by atoms with Gasteiger partial charge in [-0.2, -0.15) is 0 Å². The summed E-state index contributed by atoms with van der Waals surface area (Å²) in [6, 6.07) is 1.19. The average Bonchev–Trinajstić information content (AvgIpc) is 2.88. The summed E-state index contributed by atoms with van der Waals surface area (Å²) in [6.07, 6.45) is 11.1. The van der Waals surface area contributed by atoms with Gasteiger partial charge in [0.1, 0.15) is 0 Å². The third-order valence-corrected chi connectivity index (χ3v) is 6.92. The van der Waals surface area contributed by atoms with Crippen LogP contribution in [0.15, 0.2) is 4.99 Å². The molecule has 1 saturated heterocycles. The van der Waals surface area contributed by atoms with Crippen LogP contribution in [0.4, 0.5) is 0 Å². The average molecular weight is 447 g/mol. The molecule has 24 heavy (non-hydrogen) atoms. The molecular formula is C19H34IN3O. The number of halogens is 1. The molecule has 1 aliphatic heterocycles. The van der Waals surface area contributed by atoms with E-state index >= 15 is 0 Å². The van der Waals surface area contributed by atoms with Gasteiger partial charge in [0.25, 0.3) is 0 Å². The van der Waals surface area contributed by atoms with Crippen molar-refractivity contribution in [3.05, 3.63) is 0 Å². The topological polar surface area (TPSA) is 45.7 Å². The number of guanidine groups is 1. The van der Waals surface area contributed by atoms with Gasteiger partial charge in [-0.1, -0.05) is 26.2 Å². The Morgan fingerprint density at radius 1 is 1.17 bits per heavy atom. The van der Waals surface area contributed by atoms with Crippen LogP contribution in [0.2, 0.25) is 0 Å². The highest BCUT2D eigenvalue weighted by atomic mass is 127. The second-order valence-corrected chi connectivity index (χ2v) is 8.39. The van der Waals surface area contributed by atoms with E-state index in [0.717, 1.165) is 25.0 Å². The molecule has 5 unspecified atom stereocenters. The molecule has 0 aromatic rings. The monoisotopic (exact) mass is 447 g/mol. The normalized spacial score (nSPS) is 40.1. The number of hydrogen-bond donors (Lipinski definition) is 2. The molecule has 4 nitrogen and oxygen atoms in total. The van der Waals surface area contributed by atoms with Crippen LogP contribution >= 0.6 is 24.0 Å². The van der Waals surface area contributed by atoms with Gasteiger partial charge in [0.2, 0.25) is 0 Å². The van der Waals surface area contributed by atoms with Gasteiger partial charge in [-0.15, -0.1) is 24.0 Å². The number of ether oxygens (including phenoxy) is 1. The third-order valence-electron chi connectivity index (χ3n) is 6.92. The lowest BCUT2D eigenvalue weighted by atomic mass is 9.46. The molecule has 0 aromatic carbocycles. The van der Waals surface area contributed by atoms with Crippen molar-refractivity contribution >= 4 is 29.9 Å². The third kappa shape index (κ3) is 3.19. The molecule has 3 aliphatic carbocycles. The smallest absolute Gasteiger partial charge is 0.191 e. The van der Waals surface area contributed by atoms with E-state index in [1.54, 1.807) is 0 Å². The number of aliphatic imine (C=N–C) groups is 1. The fourth-order valence-electron chi connectivity index (χ4n) is 5.65. The second kappa shape index (κ2) is 7.68.